The number of ether oxygens (including phenoxy) is 1. The van der Waals surface area contributed by atoms with Gasteiger partial charge < -0.3 is 15.0 Å². The molecule has 2 amide bonds. The van der Waals surface area contributed by atoms with E-state index < -0.39 is 6.36 Å². The van der Waals surface area contributed by atoms with Crippen molar-refractivity contribution in [2.24, 2.45) is 0 Å². The number of nitrogens with zero attached hydrogens (tertiary/aromatic N) is 3. The number of carbonyl (C=O) groups excluding carboxylic acids is 1. The molecule has 1 saturated carbocycles. The summed E-state index contributed by atoms with van der Waals surface area (Å²) in [5, 5.41) is 6.93. The predicted octanol–water partition coefficient (Wildman–Crippen LogP) is 4.82. The quantitative estimate of drug-likeness (QED) is 0.663. The summed E-state index contributed by atoms with van der Waals surface area (Å²) in [6.07, 6.45) is 1.74. The molecule has 4 rings (SSSR count). The topological polar surface area (TPSA) is 58.9 Å². The van der Waals surface area contributed by atoms with Crippen molar-refractivity contribution in [3.8, 4) is 5.75 Å². The summed E-state index contributed by atoms with van der Waals surface area (Å²) in [4.78, 5) is 14.6. The molecule has 1 fully saturated rings. The van der Waals surface area contributed by atoms with E-state index in [1.54, 1.807) is 15.6 Å². The molecule has 6 nitrogen and oxygen atoms in total. The Morgan fingerprint density at radius 3 is 2.62 bits per heavy atom. The van der Waals surface area contributed by atoms with Crippen LogP contribution in [-0.4, -0.2) is 32.9 Å². The first-order valence-corrected chi connectivity index (χ1v) is 9.23. The van der Waals surface area contributed by atoms with Gasteiger partial charge in [0.05, 0.1) is 5.52 Å². The minimum atomic E-state index is -4.75. The standard InChI is InChI=1S/C20H19F3N4O2/c21-20(22,23)29-18-6-4-15(5-7-18)25-19(28)26(16-2-1-3-16)13-14-9-11-27-17(12-14)8-10-24-27/h4-12,16H,1-3,13H2,(H,25,28). The number of hydrogen-bond donors (Lipinski definition) is 1. The molecule has 0 aliphatic heterocycles. The van der Waals surface area contributed by atoms with Crippen molar-refractivity contribution in [1.82, 2.24) is 14.5 Å². The fourth-order valence-corrected chi connectivity index (χ4v) is 3.26. The fraction of sp³-hybridized carbons (Fsp3) is 0.300. The molecular formula is C20H19F3N4O2. The Kier molecular flexibility index (Phi) is 5.04. The van der Waals surface area contributed by atoms with Crippen molar-refractivity contribution < 1.29 is 22.7 Å². The van der Waals surface area contributed by atoms with Gasteiger partial charge in [-0.1, -0.05) is 0 Å². The SMILES string of the molecule is O=C(Nc1ccc(OC(F)(F)F)cc1)N(Cc1ccn2nccc2c1)C1CCC1. The zero-order chi connectivity index (χ0) is 20.4. The number of benzene rings is 1. The molecule has 1 aliphatic carbocycles. The molecule has 0 spiro atoms. The summed E-state index contributed by atoms with van der Waals surface area (Å²) in [7, 11) is 0. The highest BCUT2D eigenvalue weighted by atomic mass is 19.4. The van der Waals surface area contributed by atoms with Crippen molar-refractivity contribution >= 4 is 17.2 Å². The first kappa shape index (κ1) is 19.1. The molecule has 2 aromatic heterocycles. The first-order chi connectivity index (χ1) is 13.9. The lowest BCUT2D eigenvalue weighted by atomic mass is 9.91. The highest BCUT2D eigenvalue weighted by molar-refractivity contribution is 5.89. The van der Waals surface area contributed by atoms with Crippen LogP contribution in [0, 0.1) is 0 Å². The maximum absolute atomic E-state index is 12.9. The second-order valence-corrected chi connectivity index (χ2v) is 6.95. The number of rotatable bonds is 5. The smallest absolute Gasteiger partial charge is 0.406 e. The van der Waals surface area contributed by atoms with Gasteiger partial charge in [-0.15, -0.1) is 13.2 Å². The van der Waals surface area contributed by atoms with Crippen LogP contribution in [0.15, 0.2) is 54.9 Å². The Morgan fingerprint density at radius 2 is 1.97 bits per heavy atom. The van der Waals surface area contributed by atoms with E-state index in [4.69, 9.17) is 0 Å². The molecule has 0 atom stereocenters. The maximum atomic E-state index is 12.9. The van der Waals surface area contributed by atoms with Gasteiger partial charge in [-0.2, -0.15) is 5.10 Å². The summed E-state index contributed by atoms with van der Waals surface area (Å²) in [6, 6.07) is 10.8. The van der Waals surface area contributed by atoms with Crippen molar-refractivity contribution in [3.05, 3.63) is 60.4 Å². The number of halogens is 3. The van der Waals surface area contributed by atoms with E-state index in [0.29, 0.717) is 12.2 Å². The summed E-state index contributed by atoms with van der Waals surface area (Å²) in [5.74, 6) is -0.333. The lowest BCUT2D eigenvalue weighted by molar-refractivity contribution is -0.274. The van der Waals surface area contributed by atoms with E-state index in [1.165, 1.54) is 24.3 Å². The molecule has 0 radical (unpaired) electrons. The molecule has 3 aromatic rings. The zero-order valence-corrected chi connectivity index (χ0v) is 15.4. The average Bonchev–Trinajstić information content (AvgIpc) is 3.08. The van der Waals surface area contributed by atoms with Crippen molar-refractivity contribution in [2.75, 3.05) is 5.32 Å². The van der Waals surface area contributed by atoms with Gasteiger partial charge >= 0.3 is 12.4 Å². The van der Waals surface area contributed by atoms with Crippen LogP contribution in [0.2, 0.25) is 0 Å². The molecule has 152 valence electrons. The second-order valence-electron chi connectivity index (χ2n) is 6.95. The molecule has 0 unspecified atom stereocenters. The Labute approximate surface area is 164 Å². The van der Waals surface area contributed by atoms with Crippen molar-refractivity contribution in [1.29, 1.82) is 0 Å². The molecule has 1 aromatic carbocycles. The first-order valence-electron chi connectivity index (χ1n) is 9.23. The number of hydrogen-bond acceptors (Lipinski definition) is 3. The molecule has 1 N–H and O–H groups in total. The van der Waals surface area contributed by atoms with Gasteiger partial charge in [0, 0.05) is 30.7 Å². The lowest BCUT2D eigenvalue weighted by Gasteiger charge is -2.37. The highest BCUT2D eigenvalue weighted by Gasteiger charge is 2.31. The molecule has 0 bridgehead atoms. The van der Waals surface area contributed by atoms with Crippen LogP contribution in [0.5, 0.6) is 5.75 Å². The van der Waals surface area contributed by atoms with Gasteiger partial charge in [-0.25, -0.2) is 9.31 Å². The maximum Gasteiger partial charge on any atom is 0.573 e. The molecule has 29 heavy (non-hydrogen) atoms. The van der Waals surface area contributed by atoms with Crippen molar-refractivity contribution in [3.63, 3.8) is 0 Å². The van der Waals surface area contributed by atoms with Gasteiger partial charge in [-0.3, -0.25) is 0 Å². The van der Waals surface area contributed by atoms with Crippen LogP contribution < -0.4 is 10.1 Å². The second kappa shape index (κ2) is 7.65. The normalized spacial score (nSPS) is 14.4. The van der Waals surface area contributed by atoms with Crippen LogP contribution in [0.25, 0.3) is 5.52 Å². The van der Waals surface area contributed by atoms with E-state index in [9.17, 15) is 18.0 Å². The number of aromatic nitrogens is 2. The van der Waals surface area contributed by atoms with Crippen LogP contribution >= 0.6 is 0 Å². The minimum Gasteiger partial charge on any atom is -0.406 e. The van der Waals surface area contributed by atoms with E-state index in [1.807, 2.05) is 24.4 Å². The van der Waals surface area contributed by atoms with Gasteiger partial charge in [0.25, 0.3) is 0 Å². The number of anilines is 1. The predicted molar refractivity (Wildman–Crippen MR) is 101 cm³/mol. The number of nitrogens with one attached hydrogen (secondary N) is 1. The largest absolute Gasteiger partial charge is 0.573 e. The van der Waals surface area contributed by atoms with Crippen LogP contribution in [0.3, 0.4) is 0 Å². The van der Waals surface area contributed by atoms with E-state index >= 15 is 0 Å². The number of pyridine rings is 1. The Morgan fingerprint density at radius 1 is 1.21 bits per heavy atom. The van der Waals surface area contributed by atoms with E-state index in [-0.39, 0.29) is 17.8 Å². The third-order valence-electron chi connectivity index (χ3n) is 4.93. The molecule has 1 aliphatic rings. The summed E-state index contributed by atoms with van der Waals surface area (Å²) in [5.41, 5.74) is 2.32. The van der Waals surface area contributed by atoms with Crippen LogP contribution in [0.1, 0.15) is 24.8 Å². The Hall–Kier alpha value is -3.23. The zero-order valence-electron chi connectivity index (χ0n) is 15.4. The van der Waals surface area contributed by atoms with Gasteiger partial charge in [-0.05, 0) is 67.3 Å². The third kappa shape index (κ3) is 4.61. The van der Waals surface area contributed by atoms with Crippen LogP contribution in [0.4, 0.5) is 23.7 Å². The average molecular weight is 404 g/mol. The third-order valence-corrected chi connectivity index (χ3v) is 4.93. The van der Waals surface area contributed by atoms with E-state index in [2.05, 4.69) is 15.2 Å². The van der Waals surface area contributed by atoms with Crippen molar-refractivity contribution in [2.45, 2.75) is 38.2 Å². The number of alkyl halides is 3. The molecule has 0 saturated heterocycles. The highest BCUT2D eigenvalue weighted by Crippen LogP contribution is 2.28. The Bertz CT molecular complexity index is 997. The molecule has 2 heterocycles. The number of urea groups is 1. The summed E-state index contributed by atoms with van der Waals surface area (Å²) in [6.45, 7) is 0.438. The van der Waals surface area contributed by atoms with Gasteiger partial charge in [0.1, 0.15) is 5.75 Å². The van der Waals surface area contributed by atoms with E-state index in [0.717, 1.165) is 30.3 Å². The minimum absolute atomic E-state index is 0.143. The summed E-state index contributed by atoms with van der Waals surface area (Å²) < 4.78 is 42.4. The van der Waals surface area contributed by atoms with Gasteiger partial charge in [0.15, 0.2) is 0 Å². The number of carbonyl (C=O) groups is 1. The van der Waals surface area contributed by atoms with Gasteiger partial charge in [0.2, 0.25) is 0 Å². The molecule has 9 heteroatoms. The number of amides is 2. The Balaban J connectivity index is 1.46. The molecular weight excluding hydrogens is 385 g/mol. The fourth-order valence-electron chi connectivity index (χ4n) is 3.26. The van der Waals surface area contributed by atoms with Crippen LogP contribution in [-0.2, 0) is 6.54 Å². The number of fused-ring (bicyclic) bond motifs is 1. The summed E-state index contributed by atoms with van der Waals surface area (Å²) >= 11 is 0. The lowest BCUT2D eigenvalue weighted by Crippen LogP contribution is -2.45. The monoisotopic (exact) mass is 404 g/mol.